The molecule has 76 valence electrons. The number of hydrogen-bond donors (Lipinski definition) is 1. The van der Waals surface area contributed by atoms with Gasteiger partial charge in [0, 0.05) is 18.2 Å². The van der Waals surface area contributed by atoms with E-state index in [0.29, 0.717) is 0 Å². The number of rotatable bonds is 3. The molecule has 0 atom stereocenters. The third-order valence-electron chi connectivity index (χ3n) is 2.06. The van der Waals surface area contributed by atoms with Gasteiger partial charge in [0.1, 0.15) is 5.75 Å². The number of hydrogen-bond acceptors (Lipinski definition) is 3. The fraction of sp³-hybridized carbons (Fsp3) is 0.364. The summed E-state index contributed by atoms with van der Waals surface area (Å²) in [6.07, 6.45) is 2.76. The number of thiol groups is 1. The molecule has 0 unspecified atom stereocenters. The van der Waals surface area contributed by atoms with Crippen LogP contribution >= 0.6 is 12.6 Å². The number of benzene rings is 1. The van der Waals surface area contributed by atoms with Crippen molar-refractivity contribution in [2.24, 2.45) is 4.99 Å². The summed E-state index contributed by atoms with van der Waals surface area (Å²) in [5.41, 5.74) is 2.24. The first kappa shape index (κ1) is 11.1. The molecule has 1 aromatic carbocycles. The predicted octanol–water partition coefficient (Wildman–Crippen LogP) is 2.60. The van der Waals surface area contributed by atoms with Crippen LogP contribution in [0.3, 0.4) is 0 Å². The molecule has 0 heterocycles. The number of aliphatic imine (C=N–C) groups is 1. The minimum Gasteiger partial charge on any atom is -0.496 e. The van der Waals surface area contributed by atoms with Gasteiger partial charge in [-0.25, -0.2) is 0 Å². The zero-order valence-corrected chi connectivity index (χ0v) is 9.64. The molecule has 0 saturated carbocycles. The van der Waals surface area contributed by atoms with Crippen LogP contribution in [0.1, 0.15) is 18.1 Å². The summed E-state index contributed by atoms with van der Waals surface area (Å²) < 4.78 is 5.24. The smallest absolute Gasteiger partial charge is 0.133 e. The highest BCUT2D eigenvalue weighted by atomic mass is 32.1. The maximum Gasteiger partial charge on any atom is 0.133 e. The fourth-order valence-electron chi connectivity index (χ4n) is 1.34. The standard InChI is InChI=1S/C11H15NOS/c1-4-9-5-8(7-12-2)6-10(13-3)11(9)14/h5-7,14H,4H2,1-3H3/b12-7+. The maximum atomic E-state index is 5.24. The molecule has 0 N–H and O–H groups in total. The quantitative estimate of drug-likeness (QED) is 0.599. The van der Waals surface area contributed by atoms with Gasteiger partial charge in [-0.3, -0.25) is 4.99 Å². The Balaban J connectivity index is 3.24. The molecule has 0 radical (unpaired) electrons. The van der Waals surface area contributed by atoms with E-state index in [2.05, 4.69) is 30.6 Å². The lowest BCUT2D eigenvalue weighted by molar-refractivity contribution is 0.404. The molecule has 0 spiro atoms. The van der Waals surface area contributed by atoms with E-state index in [9.17, 15) is 0 Å². The number of aryl methyl sites for hydroxylation is 1. The lowest BCUT2D eigenvalue weighted by atomic mass is 10.1. The minimum absolute atomic E-state index is 0.808. The van der Waals surface area contributed by atoms with Gasteiger partial charge in [-0.15, -0.1) is 12.6 Å². The van der Waals surface area contributed by atoms with Gasteiger partial charge in [0.2, 0.25) is 0 Å². The Bertz CT molecular complexity index is 322. The van der Waals surface area contributed by atoms with Crippen LogP contribution in [0.25, 0.3) is 0 Å². The molecule has 0 bridgehead atoms. The van der Waals surface area contributed by atoms with Crippen LogP contribution in [0.5, 0.6) is 5.75 Å². The predicted molar refractivity (Wildman–Crippen MR) is 63.1 cm³/mol. The normalized spacial score (nSPS) is 10.9. The van der Waals surface area contributed by atoms with Crippen molar-refractivity contribution in [3.8, 4) is 5.75 Å². The zero-order valence-electron chi connectivity index (χ0n) is 8.74. The van der Waals surface area contributed by atoms with E-state index >= 15 is 0 Å². The Morgan fingerprint density at radius 1 is 1.50 bits per heavy atom. The van der Waals surface area contributed by atoms with Crippen molar-refractivity contribution in [1.29, 1.82) is 0 Å². The number of ether oxygens (including phenoxy) is 1. The monoisotopic (exact) mass is 209 g/mol. The first-order valence-electron chi connectivity index (χ1n) is 4.55. The van der Waals surface area contributed by atoms with Crippen LogP contribution in [0.4, 0.5) is 0 Å². The van der Waals surface area contributed by atoms with Crippen molar-refractivity contribution in [2.45, 2.75) is 18.2 Å². The van der Waals surface area contributed by atoms with Gasteiger partial charge >= 0.3 is 0 Å². The lowest BCUT2D eigenvalue weighted by Crippen LogP contribution is -1.93. The molecule has 0 fully saturated rings. The molecular formula is C11H15NOS. The second kappa shape index (κ2) is 5.05. The van der Waals surface area contributed by atoms with Crippen LogP contribution in [0, 0.1) is 0 Å². The summed E-state index contributed by atoms with van der Waals surface area (Å²) >= 11 is 4.42. The van der Waals surface area contributed by atoms with E-state index in [-0.39, 0.29) is 0 Å². The number of methoxy groups -OCH3 is 1. The first-order valence-corrected chi connectivity index (χ1v) is 4.99. The molecule has 0 aliphatic carbocycles. The molecule has 2 nitrogen and oxygen atoms in total. The van der Waals surface area contributed by atoms with Gasteiger partial charge in [0.15, 0.2) is 0 Å². The van der Waals surface area contributed by atoms with Crippen molar-refractivity contribution >= 4 is 18.8 Å². The minimum atomic E-state index is 0.808. The van der Waals surface area contributed by atoms with Gasteiger partial charge in [0.25, 0.3) is 0 Å². The molecule has 0 aliphatic rings. The van der Waals surface area contributed by atoms with Crippen LogP contribution in [0.15, 0.2) is 22.0 Å². The molecule has 3 heteroatoms. The van der Waals surface area contributed by atoms with Gasteiger partial charge in [-0.05, 0) is 29.7 Å². The average molecular weight is 209 g/mol. The van der Waals surface area contributed by atoms with Gasteiger partial charge in [0.05, 0.1) is 7.11 Å². The molecule has 14 heavy (non-hydrogen) atoms. The summed E-state index contributed by atoms with van der Waals surface area (Å²) in [7, 11) is 3.41. The van der Waals surface area contributed by atoms with Crippen LogP contribution < -0.4 is 4.74 Å². The Kier molecular flexibility index (Phi) is 4.01. The largest absolute Gasteiger partial charge is 0.496 e. The lowest BCUT2D eigenvalue weighted by Gasteiger charge is -2.09. The fourth-order valence-corrected chi connectivity index (χ4v) is 1.72. The summed E-state index contributed by atoms with van der Waals surface area (Å²) in [5.74, 6) is 0.808. The molecule has 0 saturated heterocycles. The van der Waals surface area contributed by atoms with E-state index < -0.39 is 0 Å². The Hall–Kier alpha value is -0.960. The molecule has 0 amide bonds. The molecule has 1 rings (SSSR count). The van der Waals surface area contributed by atoms with Crippen molar-refractivity contribution in [3.05, 3.63) is 23.3 Å². The van der Waals surface area contributed by atoms with E-state index in [0.717, 1.165) is 22.6 Å². The van der Waals surface area contributed by atoms with Gasteiger partial charge in [-0.2, -0.15) is 0 Å². The molecule has 1 aromatic rings. The highest BCUT2D eigenvalue weighted by molar-refractivity contribution is 7.80. The van der Waals surface area contributed by atoms with Crippen molar-refractivity contribution in [3.63, 3.8) is 0 Å². The van der Waals surface area contributed by atoms with Crippen molar-refractivity contribution < 1.29 is 4.74 Å². The van der Waals surface area contributed by atoms with E-state index in [1.165, 1.54) is 5.56 Å². The average Bonchev–Trinajstić information content (AvgIpc) is 2.20. The summed E-state index contributed by atoms with van der Waals surface area (Å²) in [6.45, 7) is 2.10. The van der Waals surface area contributed by atoms with Crippen LogP contribution in [-0.4, -0.2) is 20.4 Å². The zero-order chi connectivity index (χ0) is 10.6. The third kappa shape index (κ3) is 2.29. The van der Waals surface area contributed by atoms with Crippen LogP contribution in [-0.2, 0) is 6.42 Å². The summed E-state index contributed by atoms with van der Waals surface area (Å²) in [4.78, 5) is 4.90. The number of nitrogens with zero attached hydrogens (tertiary/aromatic N) is 1. The highest BCUT2D eigenvalue weighted by Crippen LogP contribution is 2.27. The highest BCUT2D eigenvalue weighted by Gasteiger charge is 2.05. The maximum absolute atomic E-state index is 5.24. The molecule has 0 aromatic heterocycles. The van der Waals surface area contributed by atoms with E-state index in [4.69, 9.17) is 4.74 Å². The Morgan fingerprint density at radius 2 is 2.21 bits per heavy atom. The SMILES string of the molecule is CCc1cc(/C=N/C)cc(OC)c1S. The second-order valence-corrected chi connectivity index (χ2v) is 3.42. The van der Waals surface area contributed by atoms with Crippen molar-refractivity contribution in [1.82, 2.24) is 0 Å². The van der Waals surface area contributed by atoms with Crippen LogP contribution in [0.2, 0.25) is 0 Å². The first-order chi connectivity index (χ1) is 6.72. The van der Waals surface area contributed by atoms with E-state index in [1.807, 2.05) is 12.3 Å². The molecule has 0 aliphatic heterocycles. The summed E-state index contributed by atoms with van der Waals surface area (Å²) in [5, 5.41) is 0. The van der Waals surface area contributed by atoms with Gasteiger partial charge < -0.3 is 4.74 Å². The third-order valence-corrected chi connectivity index (χ3v) is 2.56. The van der Waals surface area contributed by atoms with E-state index in [1.54, 1.807) is 14.2 Å². The topological polar surface area (TPSA) is 21.6 Å². The van der Waals surface area contributed by atoms with Gasteiger partial charge in [-0.1, -0.05) is 6.92 Å². The summed E-state index contributed by atoms with van der Waals surface area (Å²) in [6, 6.07) is 4.02. The Morgan fingerprint density at radius 3 is 2.71 bits per heavy atom. The Labute approximate surface area is 90.4 Å². The van der Waals surface area contributed by atoms with Crippen molar-refractivity contribution in [2.75, 3.05) is 14.2 Å². The molecular weight excluding hydrogens is 194 g/mol. The second-order valence-electron chi connectivity index (χ2n) is 2.97.